The molecule has 0 amide bonds. The molecule has 2 rings (SSSR count). The van der Waals surface area contributed by atoms with Crippen LogP contribution >= 0.6 is 0 Å². The Bertz CT molecular complexity index is 398. The highest BCUT2D eigenvalue weighted by Gasteiger charge is 2.31. The molecule has 19 heavy (non-hydrogen) atoms. The molecule has 0 radical (unpaired) electrons. The molecule has 1 fully saturated rings. The van der Waals surface area contributed by atoms with Crippen LogP contribution in [-0.4, -0.2) is 12.4 Å². The van der Waals surface area contributed by atoms with Gasteiger partial charge in [-0.15, -0.1) is 13.2 Å². The third-order valence-corrected chi connectivity index (χ3v) is 3.64. The average molecular weight is 273 g/mol. The highest BCUT2D eigenvalue weighted by molar-refractivity contribution is 5.27. The lowest BCUT2D eigenvalue weighted by molar-refractivity contribution is -0.274. The average Bonchev–Trinajstić information content (AvgIpc) is 2.23. The van der Waals surface area contributed by atoms with Gasteiger partial charge in [-0.2, -0.15) is 0 Å². The van der Waals surface area contributed by atoms with Gasteiger partial charge in [-0.1, -0.05) is 18.6 Å². The van der Waals surface area contributed by atoms with Gasteiger partial charge in [-0.3, -0.25) is 0 Å². The first-order chi connectivity index (χ1) is 8.94. The third-order valence-electron chi connectivity index (χ3n) is 3.64. The molecule has 0 heterocycles. The van der Waals surface area contributed by atoms with Gasteiger partial charge in [0.05, 0.1) is 0 Å². The van der Waals surface area contributed by atoms with Crippen molar-refractivity contribution in [3.63, 3.8) is 0 Å². The lowest BCUT2D eigenvalue weighted by Gasteiger charge is -2.32. The predicted molar refractivity (Wildman–Crippen MR) is 66.8 cm³/mol. The molecule has 0 saturated heterocycles. The molecule has 1 aromatic carbocycles. The zero-order chi connectivity index (χ0) is 13.9. The zero-order valence-corrected chi connectivity index (χ0v) is 10.8. The normalized spacial score (nSPS) is 17.9. The van der Waals surface area contributed by atoms with Crippen LogP contribution in [0.5, 0.6) is 5.75 Å². The van der Waals surface area contributed by atoms with Crippen molar-refractivity contribution in [1.29, 1.82) is 0 Å². The highest BCUT2D eigenvalue weighted by atomic mass is 19.4. The van der Waals surface area contributed by atoms with Gasteiger partial charge in [0.15, 0.2) is 0 Å². The second-order valence-corrected chi connectivity index (χ2v) is 5.05. The van der Waals surface area contributed by atoms with Crippen molar-refractivity contribution >= 4 is 0 Å². The third kappa shape index (κ3) is 4.42. The molecule has 106 valence electrons. The molecule has 0 aromatic heterocycles. The van der Waals surface area contributed by atoms with E-state index in [1.807, 2.05) is 0 Å². The molecule has 1 aromatic rings. The number of hydrogen-bond acceptors (Lipinski definition) is 2. The largest absolute Gasteiger partial charge is 0.573 e. The molecule has 2 nitrogen and oxygen atoms in total. The number of benzene rings is 1. The van der Waals surface area contributed by atoms with Gasteiger partial charge in [-0.05, 0) is 43.4 Å². The molecule has 1 N–H and O–H groups in total. The highest BCUT2D eigenvalue weighted by Crippen LogP contribution is 2.29. The Morgan fingerprint density at radius 3 is 2.37 bits per heavy atom. The first kappa shape index (κ1) is 14.2. The standard InChI is InChI=1S/C14H18F3NO/c1-10(12-3-2-4-12)18-9-11-5-7-13(8-6-11)19-14(15,16)17/h5-8,10,12,18H,2-4,9H2,1H3. The van der Waals surface area contributed by atoms with Crippen molar-refractivity contribution in [1.82, 2.24) is 5.32 Å². The maximum atomic E-state index is 12.0. The lowest BCUT2D eigenvalue weighted by Crippen LogP contribution is -2.36. The summed E-state index contributed by atoms with van der Waals surface area (Å²) >= 11 is 0. The van der Waals surface area contributed by atoms with E-state index in [-0.39, 0.29) is 5.75 Å². The number of ether oxygens (including phenoxy) is 1. The van der Waals surface area contributed by atoms with E-state index < -0.39 is 6.36 Å². The predicted octanol–water partition coefficient (Wildman–Crippen LogP) is 3.86. The first-order valence-corrected chi connectivity index (χ1v) is 6.52. The maximum Gasteiger partial charge on any atom is 0.573 e. The van der Waals surface area contributed by atoms with E-state index in [4.69, 9.17) is 0 Å². The molecule has 0 spiro atoms. The molecule has 1 unspecified atom stereocenters. The number of alkyl halides is 3. The molecule has 1 aliphatic rings. The Morgan fingerprint density at radius 1 is 1.26 bits per heavy atom. The lowest BCUT2D eigenvalue weighted by atomic mass is 9.80. The van der Waals surface area contributed by atoms with E-state index in [0.717, 1.165) is 11.5 Å². The maximum absolute atomic E-state index is 12.0. The van der Waals surface area contributed by atoms with Crippen LogP contribution in [0.1, 0.15) is 31.7 Å². The second-order valence-electron chi connectivity index (χ2n) is 5.05. The van der Waals surface area contributed by atoms with Crippen LogP contribution in [0.2, 0.25) is 0 Å². The summed E-state index contributed by atoms with van der Waals surface area (Å²) < 4.78 is 39.8. The number of hydrogen-bond donors (Lipinski definition) is 1. The van der Waals surface area contributed by atoms with Crippen LogP contribution in [0.4, 0.5) is 13.2 Å². The van der Waals surface area contributed by atoms with Gasteiger partial charge in [0.25, 0.3) is 0 Å². The van der Waals surface area contributed by atoms with Gasteiger partial charge in [0.2, 0.25) is 0 Å². The number of rotatable bonds is 5. The van der Waals surface area contributed by atoms with Crippen molar-refractivity contribution in [2.75, 3.05) is 0 Å². The van der Waals surface area contributed by atoms with Crippen molar-refractivity contribution in [3.05, 3.63) is 29.8 Å². The van der Waals surface area contributed by atoms with Gasteiger partial charge >= 0.3 is 6.36 Å². The molecule has 1 atom stereocenters. The minimum absolute atomic E-state index is 0.178. The molecule has 5 heteroatoms. The van der Waals surface area contributed by atoms with E-state index in [9.17, 15) is 13.2 Å². The summed E-state index contributed by atoms with van der Waals surface area (Å²) in [6.45, 7) is 2.83. The second kappa shape index (κ2) is 5.82. The van der Waals surface area contributed by atoms with Crippen LogP contribution < -0.4 is 10.1 Å². The Balaban J connectivity index is 1.81. The van der Waals surface area contributed by atoms with Crippen molar-refractivity contribution in [3.8, 4) is 5.75 Å². The summed E-state index contributed by atoms with van der Waals surface area (Å²) in [6.07, 6.45) is -0.780. The minimum atomic E-state index is -4.63. The van der Waals surface area contributed by atoms with Gasteiger partial charge in [0.1, 0.15) is 5.75 Å². The van der Waals surface area contributed by atoms with Crippen LogP contribution in [0, 0.1) is 5.92 Å². The smallest absolute Gasteiger partial charge is 0.406 e. The molecule has 1 saturated carbocycles. The fourth-order valence-electron chi connectivity index (χ4n) is 2.19. The summed E-state index contributed by atoms with van der Waals surface area (Å²) in [4.78, 5) is 0. The fraction of sp³-hybridized carbons (Fsp3) is 0.571. The monoisotopic (exact) mass is 273 g/mol. The van der Waals surface area contributed by atoms with Crippen LogP contribution in [0.15, 0.2) is 24.3 Å². The minimum Gasteiger partial charge on any atom is -0.406 e. The Morgan fingerprint density at radius 2 is 1.89 bits per heavy atom. The summed E-state index contributed by atoms with van der Waals surface area (Å²) in [6, 6.07) is 6.46. The van der Waals surface area contributed by atoms with Gasteiger partial charge in [-0.25, -0.2) is 0 Å². The summed E-state index contributed by atoms with van der Waals surface area (Å²) in [5.41, 5.74) is 0.959. The molecular weight excluding hydrogens is 255 g/mol. The van der Waals surface area contributed by atoms with E-state index in [1.165, 1.54) is 31.4 Å². The molecule has 0 bridgehead atoms. The van der Waals surface area contributed by atoms with Crippen LogP contribution in [-0.2, 0) is 6.54 Å². The molecule has 1 aliphatic carbocycles. The van der Waals surface area contributed by atoms with Crippen LogP contribution in [0.25, 0.3) is 0 Å². The van der Waals surface area contributed by atoms with Gasteiger partial charge < -0.3 is 10.1 Å². The van der Waals surface area contributed by atoms with Gasteiger partial charge in [0, 0.05) is 12.6 Å². The SMILES string of the molecule is CC(NCc1ccc(OC(F)(F)F)cc1)C1CCC1. The molecule has 0 aliphatic heterocycles. The van der Waals surface area contributed by atoms with Crippen molar-refractivity contribution in [2.45, 2.75) is 45.1 Å². The van der Waals surface area contributed by atoms with E-state index in [0.29, 0.717) is 12.6 Å². The van der Waals surface area contributed by atoms with E-state index >= 15 is 0 Å². The Hall–Kier alpha value is -1.23. The number of nitrogens with one attached hydrogen (secondary N) is 1. The van der Waals surface area contributed by atoms with E-state index in [2.05, 4.69) is 17.0 Å². The summed E-state index contributed by atoms with van der Waals surface area (Å²) in [7, 11) is 0. The fourth-order valence-corrected chi connectivity index (χ4v) is 2.19. The zero-order valence-electron chi connectivity index (χ0n) is 10.8. The summed E-state index contributed by atoms with van der Waals surface area (Å²) in [5.74, 6) is 0.566. The first-order valence-electron chi connectivity index (χ1n) is 6.52. The van der Waals surface area contributed by atoms with E-state index in [1.54, 1.807) is 12.1 Å². The molecular formula is C14H18F3NO. The van der Waals surface area contributed by atoms with Crippen molar-refractivity contribution in [2.24, 2.45) is 5.92 Å². The van der Waals surface area contributed by atoms with Crippen LogP contribution in [0.3, 0.4) is 0 Å². The Kier molecular flexibility index (Phi) is 4.34. The quantitative estimate of drug-likeness (QED) is 0.879. The summed E-state index contributed by atoms with van der Waals surface area (Å²) in [5, 5.41) is 3.41. The topological polar surface area (TPSA) is 21.3 Å². The van der Waals surface area contributed by atoms with Crippen molar-refractivity contribution < 1.29 is 17.9 Å². The Labute approximate surface area is 111 Å². The number of halogens is 3.